The van der Waals surface area contributed by atoms with Gasteiger partial charge >= 0.3 is 0 Å². The maximum absolute atomic E-state index is 11.0. The van der Waals surface area contributed by atoms with Gasteiger partial charge in [0.25, 0.3) is 0 Å². The van der Waals surface area contributed by atoms with Crippen molar-refractivity contribution in [2.75, 3.05) is 6.61 Å². The topological polar surface area (TPSA) is 54.4 Å². The van der Waals surface area contributed by atoms with E-state index in [4.69, 9.17) is 5.11 Å². The number of carbonyl (C=O) groups excluding carboxylic acids is 2. The highest BCUT2D eigenvalue weighted by molar-refractivity contribution is 6.38. The summed E-state index contributed by atoms with van der Waals surface area (Å²) in [5.41, 5.74) is 0.786. The molecule has 1 aromatic rings. The lowest BCUT2D eigenvalue weighted by atomic mass is 10.1. The number of aliphatic hydroxyl groups excluding tert-OH is 1. The molecule has 0 atom stereocenters. The minimum Gasteiger partial charge on any atom is -0.388 e. The Labute approximate surface area is 76.0 Å². The summed E-state index contributed by atoms with van der Waals surface area (Å²) < 4.78 is 0. The number of carbonyl (C=O) groups is 2. The highest BCUT2D eigenvalue weighted by atomic mass is 16.3. The largest absolute Gasteiger partial charge is 0.388 e. The molecule has 0 unspecified atom stereocenters. The van der Waals surface area contributed by atoms with E-state index in [1.54, 1.807) is 24.3 Å². The zero-order valence-corrected chi connectivity index (χ0v) is 7.06. The summed E-state index contributed by atoms with van der Waals surface area (Å²) in [6.07, 6.45) is 0.0697. The number of ketones is 2. The van der Waals surface area contributed by atoms with E-state index in [1.807, 2.05) is 6.07 Å². The molecule has 0 aromatic heterocycles. The molecule has 0 radical (unpaired) electrons. The Bertz CT molecular complexity index is 303. The van der Waals surface area contributed by atoms with E-state index in [9.17, 15) is 9.59 Å². The van der Waals surface area contributed by atoms with Gasteiger partial charge in [0.15, 0.2) is 0 Å². The summed E-state index contributed by atoms with van der Waals surface area (Å²) in [4.78, 5) is 21.8. The normalized spacial score (nSPS) is 9.62. The first-order chi connectivity index (χ1) is 6.24. The molecule has 0 spiro atoms. The molecular weight excluding hydrogens is 168 g/mol. The summed E-state index contributed by atoms with van der Waals surface area (Å²) >= 11 is 0. The fraction of sp³-hybridized carbons (Fsp3) is 0.200. The third kappa shape index (κ3) is 2.80. The molecule has 1 aromatic carbocycles. The Balaban J connectivity index is 2.60. The van der Waals surface area contributed by atoms with Crippen LogP contribution in [0.5, 0.6) is 0 Å². The molecule has 0 aliphatic heterocycles. The van der Waals surface area contributed by atoms with Crippen molar-refractivity contribution < 1.29 is 14.7 Å². The monoisotopic (exact) mass is 178 g/mol. The molecule has 0 heterocycles. The van der Waals surface area contributed by atoms with Gasteiger partial charge in [0.2, 0.25) is 11.6 Å². The van der Waals surface area contributed by atoms with Crippen LogP contribution in [0.3, 0.4) is 0 Å². The predicted molar refractivity (Wildman–Crippen MR) is 47.2 cm³/mol. The Kier molecular flexibility index (Phi) is 3.34. The summed E-state index contributed by atoms with van der Waals surface area (Å²) in [5, 5.41) is 8.41. The molecule has 1 N–H and O–H groups in total. The van der Waals surface area contributed by atoms with E-state index >= 15 is 0 Å². The SMILES string of the molecule is O=C(CO)C(=O)Cc1ccccc1. The molecule has 0 fully saturated rings. The predicted octanol–water partition coefficient (Wildman–Crippen LogP) is 0.360. The molecule has 0 aliphatic carbocycles. The number of Topliss-reactive ketones (excluding diaryl/α,β-unsaturated/α-hetero) is 2. The molecule has 0 amide bonds. The van der Waals surface area contributed by atoms with Crippen LogP contribution in [-0.4, -0.2) is 23.3 Å². The lowest BCUT2D eigenvalue weighted by Gasteiger charge is -1.97. The zero-order chi connectivity index (χ0) is 9.68. The number of hydrogen-bond donors (Lipinski definition) is 1. The van der Waals surface area contributed by atoms with Crippen LogP contribution in [0.2, 0.25) is 0 Å². The Hall–Kier alpha value is -1.48. The average molecular weight is 178 g/mol. The van der Waals surface area contributed by atoms with E-state index in [-0.39, 0.29) is 6.42 Å². The zero-order valence-electron chi connectivity index (χ0n) is 7.06. The van der Waals surface area contributed by atoms with Crippen LogP contribution in [-0.2, 0) is 16.0 Å². The fourth-order valence-electron chi connectivity index (χ4n) is 0.968. The van der Waals surface area contributed by atoms with Crippen molar-refractivity contribution in [2.45, 2.75) is 6.42 Å². The maximum atomic E-state index is 11.0. The van der Waals surface area contributed by atoms with Crippen molar-refractivity contribution in [3.63, 3.8) is 0 Å². The molecule has 0 saturated heterocycles. The summed E-state index contributed by atoms with van der Waals surface area (Å²) in [6, 6.07) is 8.96. The van der Waals surface area contributed by atoms with Crippen molar-refractivity contribution >= 4 is 11.6 Å². The minimum atomic E-state index is -0.733. The van der Waals surface area contributed by atoms with Crippen molar-refractivity contribution in [2.24, 2.45) is 0 Å². The molecule has 68 valence electrons. The molecule has 0 aliphatic rings. The van der Waals surface area contributed by atoms with Crippen molar-refractivity contribution in [3.8, 4) is 0 Å². The van der Waals surface area contributed by atoms with Crippen LogP contribution in [0.4, 0.5) is 0 Å². The molecular formula is C10H10O3. The highest BCUT2D eigenvalue weighted by Crippen LogP contribution is 2.00. The van der Waals surface area contributed by atoms with Crippen molar-refractivity contribution in [1.82, 2.24) is 0 Å². The van der Waals surface area contributed by atoms with E-state index in [1.165, 1.54) is 0 Å². The fourth-order valence-corrected chi connectivity index (χ4v) is 0.968. The molecule has 3 nitrogen and oxygen atoms in total. The van der Waals surface area contributed by atoms with E-state index < -0.39 is 18.2 Å². The minimum absolute atomic E-state index is 0.0697. The lowest BCUT2D eigenvalue weighted by molar-refractivity contribution is -0.137. The number of aliphatic hydroxyl groups is 1. The average Bonchev–Trinajstić information content (AvgIpc) is 2.18. The second kappa shape index (κ2) is 4.52. The van der Waals surface area contributed by atoms with Gasteiger partial charge in [-0.2, -0.15) is 0 Å². The summed E-state index contributed by atoms with van der Waals surface area (Å²) in [5.74, 6) is -1.28. The van der Waals surface area contributed by atoms with Crippen LogP contribution in [0, 0.1) is 0 Å². The third-order valence-corrected chi connectivity index (χ3v) is 1.66. The smallest absolute Gasteiger partial charge is 0.223 e. The van der Waals surface area contributed by atoms with Gasteiger partial charge in [-0.1, -0.05) is 30.3 Å². The van der Waals surface area contributed by atoms with Crippen LogP contribution >= 0.6 is 0 Å². The van der Waals surface area contributed by atoms with E-state index in [0.29, 0.717) is 0 Å². The molecule has 0 saturated carbocycles. The second-order valence-electron chi connectivity index (χ2n) is 2.67. The van der Waals surface area contributed by atoms with Gasteiger partial charge < -0.3 is 5.11 Å². The summed E-state index contributed by atoms with van der Waals surface area (Å²) in [7, 11) is 0. The Morgan fingerprint density at radius 2 is 1.69 bits per heavy atom. The van der Waals surface area contributed by atoms with Gasteiger partial charge in [-0.25, -0.2) is 0 Å². The third-order valence-electron chi connectivity index (χ3n) is 1.66. The maximum Gasteiger partial charge on any atom is 0.223 e. The molecule has 1 rings (SSSR count). The second-order valence-corrected chi connectivity index (χ2v) is 2.67. The van der Waals surface area contributed by atoms with Crippen LogP contribution in [0.25, 0.3) is 0 Å². The first kappa shape index (κ1) is 9.61. The van der Waals surface area contributed by atoms with Crippen molar-refractivity contribution in [1.29, 1.82) is 0 Å². The first-order valence-electron chi connectivity index (χ1n) is 3.95. The van der Waals surface area contributed by atoms with Gasteiger partial charge in [0.1, 0.15) is 6.61 Å². The molecule has 0 bridgehead atoms. The highest BCUT2D eigenvalue weighted by Gasteiger charge is 2.11. The lowest BCUT2D eigenvalue weighted by Crippen LogP contribution is -2.19. The molecule has 3 heteroatoms. The number of rotatable bonds is 4. The Morgan fingerprint density at radius 3 is 2.23 bits per heavy atom. The van der Waals surface area contributed by atoms with Crippen LogP contribution in [0.1, 0.15) is 5.56 Å². The Morgan fingerprint density at radius 1 is 1.08 bits per heavy atom. The quantitative estimate of drug-likeness (QED) is 0.677. The van der Waals surface area contributed by atoms with Crippen molar-refractivity contribution in [3.05, 3.63) is 35.9 Å². The van der Waals surface area contributed by atoms with E-state index in [2.05, 4.69) is 0 Å². The standard InChI is InChI=1S/C10H10O3/c11-7-10(13)9(12)6-8-4-2-1-3-5-8/h1-5,11H,6-7H2. The first-order valence-corrected chi connectivity index (χ1v) is 3.95. The van der Waals surface area contributed by atoms with Gasteiger partial charge in [0, 0.05) is 6.42 Å². The van der Waals surface area contributed by atoms with Crippen LogP contribution in [0.15, 0.2) is 30.3 Å². The number of hydrogen-bond acceptors (Lipinski definition) is 3. The van der Waals surface area contributed by atoms with Gasteiger partial charge in [-0.3, -0.25) is 9.59 Å². The van der Waals surface area contributed by atoms with Gasteiger partial charge in [-0.05, 0) is 5.56 Å². The molecule has 13 heavy (non-hydrogen) atoms. The summed E-state index contributed by atoms with van der Waals surface area (Å²) in [6.45, 7) is -0.703. The number of benzene rings is 1. The van der Waals surface area contributed by atoms with Crippen LogP contribution < -0.4 is 0 Å². The van der Waals surface area contributed by atoms with E-state index in [0.717, 1.165) is 5.56 Å². The van der Waals surface area contributed by atoms with Gasteiger partial charge in [-0.15, -0.1) is 0 Å². The van der Waals surface area contributed by atoms with Gasteiger partial charge in [0.05, 0.1) is 0 Å².